The van der Waals surface area contributed by atoms with Crippen LogP contribution in [-0.2, 0) is 11.3 Å². The Bertz CT molecular complexity index is 629. The average molecular weight is 368 g/mol. The highest BCUT2D eigenvalue weighted by molar-refractivity contribution is 9.10. The molecule has 0 atom stereocenters. The molecule has 0 fully saturated rings. The molecule has 0 heterocycles. The summed E-state index contributed by atoms with van der Waals surface area (Å²) in [6.45, 7) is 2.89. The Balaban J connectivity index is 1.79. The molecule has 110 valence electrons. The number of carbonyl (C=O) groups is 1. The second-order valence-electron chi connectivity index (χ2n) is 4.74. The summed E-state index contributed by atoms with van der Waals surface area (Å²) in [5.41, 5.74) is 3.00. The topological polar surface area (TPSA) is 41.1 Å². The van der Waals surface area contributed by atoms with Crippen LogP contribution in [0.2, 0.25) is 5.02 Å². The first kappa shape index (κ1) is 16.0. The van der Waals surface area contributed by atoms with Gasteiger partial charge in [-0.05, 0) is 42.3 Å². The lowest BCUT2D eigenvalue weighted by Crippen LogP contribution is -2.27. The second-order valence-corrected chi connectivity index (χ2v) is 6.03. The minimum atomic E-state index is -0.0697. The van der Waals surface area contributed by atoms with Crippen molar-refractivity contribution in [2.75, 3.05) is 11.9 Å². The van der Waals surface area contributed by atoms with Gasteiger partial charge in [0.1, 0.15) is 0 Å². The summed E-state index contributed by atoms with van der Waals surface area (Å²) >= 11 is 9.27. The van der Waals surface area contributed by atoms with Crippen LogP contribution in [-0.4, -0.2) is 12.5 Å². The molecule has 0 saturated heterocycles. The van der Waals surface area contributed by atoms with Crippen LogP contribution >= 0.6 is 27.5 Å². The van der Waals surface area contributed by atoms with Gasteiger partial charge >= 0.3 is 0 Å². The van der Waals surface area contributed by atoms with Gasteiger partial charge in [-0.1, -0.05) is 45.7 Å². The average Bonchev–Trinajstić information content (AvgIpc) is 2.45. The largest absolute Gasteiger partial charge is 0.325 e. The van der Waals surface area contributed by atoms with Gasteiger partial charge in [-0.3, -0.25) is 4.79 Å². The number of carbonyl (C=O) groups excluding carboxylic acids is 1. The summed E-state index contributed by atoms with van der Waals surface area (Å²) in [7, 11) is 0. The van der Waals surface area contributed by atoms with Crippen LogP contribution in [0.25, 0.3) is 0 Å². The lowest BCUT2D eigenvalue weighted by atomic mass is 10.2. The Morgan fingerprint density at radius 1 is 1.19 bits per heavy atom. The number of hydrogen-bond acceptors (Lipinski definition) is 2. The van der Waals surface area contributed by atoms with E-state index in [0.717, 1.165) is 21.3 Å². The molecule has 2 aromatic rings. The second kappa shape index (κ2) is 7.59. The summed E-state index contributed by atoms with van der Waals surface area (Å²) in [4.78, 5) is 11.8. The van der Waals surface area contributed by atoms with Crippen LogP contribution < -0.4 is 10.6 Å². The lowest BCUT2D eigenvalue weighted by Gasteiger charge is -2.08. The Kier molecular flexibility index (Phi) is 5.79. The van der Waals surface area contributed by atoms with Crippen molar-refractivity contribution in [1.29, 1.82) is 0 Å². The zero-order valence-corrected chi connectivity index (χ0v) is 14.0. The third-order valence-electron chi connectivity index (χ3n) is 2.98. The molecule has 0 aromatic heterocycles. The molecule has 0 aliphatic heterocycles. The minimum absolute atomic E-state index is 0.0697. The minimum Gasteiger partial charge on any atom is -0.325 e. The van der Waals surface area contributed by atoms with Gasteiger partial charge in [-0.15, -0.1) is 0 Å². The van der Waals surface area contributed by atoms with Gasteiger partial charge in [0.15, 0.2) is 0 Å². The van der Waals surface area contributed by atoms with Gasteiger partial charge in [0.2, 0.25) is 5.91 Å². The fourth-order valence-corrected chi connectivity index (χ4v) is 2.30. The summed E-state index contributed by atoms with van der Waals surface area (Å²) < 4.78 is 0.981. The molecule has 2 N–H and O–H groups in total. The van der Waals surface area contributed by atoms with Crippen LogP contribution in [0.4, 0.5) is 5.69 Å². The molecule has 0 spiro atoms. The maximum Gasteiger partial charge on any atom is 0.238 e. The molecule has 0 saturated carbocycles. The number of anilines is 1. The highest BCUT2D eigenvalue weighted by Gasteiger charge is 2.03. The third-order valence-corrected chi connectivity index (χ3v) is 4.09. The molecular formula is C16H16BrClN2O. The van der Waals surface area contributed by atoms with E-state index in [1.165, 1.54) is 0 Å². The summed E-state index contributed by atoms with van der Waals surface area (Å²) in [5, 5.41) is 6.66. The molecule has 1 amide bonds. The normalized spacial score (nSPS) is 10.4. The van der Waals surface area contributed by atoms with Crippen molar-refractivity contribution >= 4 is 39.1 Å². The first-order chi connectivity index (χ1) is 10.0. The summed E-state index contributed by atoms with van der Waals surface area (Å²) in [6.07, 6.45) is 0. The molecule has 0 aliphatic rings. The summed E-state index contributed by atoms with van der Waals surface area (Å²) in [5.74, 6) is -0.0697. The zero-order valence-electron chi connectivity index (χ0n) is 11.6. The SMILES string of the molecule is Cc1ccc(NC(=O)CNCc2ccc(Cl)cc2)cc1Br. The Hall–Kier alpha value is -1.36. The molecule has 21 heavy (non-hydrogen) atoms. The fourth-order valence-electron chi connectivity index (χ4n) is 1.80. The van der Waals surface area contributed by atoms with Crippen LogP contribution in [0.5, 0.6) is 0 Å². The van der Waals surface area contributed by atoms with Crippen molar-refractivity contribution < 1.29 is 4.79 Å². The standard InChI is InChI=1S/C16H16BrClN2O/c1-11-2-7-14(8-15(11)17)20-16(21)10-19-9-12-3-5-13(18)6-4-12/h2-8,19H,9-10H2,1H3,(H,20,21). The Morgan fingerprint density at radius 3 is 2.57 bits per heavy atom. The quantitative estimate of drug-likeness (QED) is 0.834. The van der Waals surface area contributed by atoms with Crippen molar-refractivity contribution in [2.45, 2.75) is 13.5 Å². The van der Waals surface area contributed by atoms with E-state index in [4.69, 9.17) is 11.6 Å². The van der Waals surface area contributed by atoms with Crippen molar-refractivity contribution in [1.82, 2.24) is 5.32 Å². The van der Waals surface area contributed by atoms with Crippen molar-refractivity contribution in [3.05, 3.63) is 63.1 Å². The predicted molar refractivity (Wildman–Crippen MR) is 90.7 cm³/mol. The van der Waals surface area contributed by atoms with E-state index in [0.29, 0.717) is 11.6 Å². The van der Waals surface area contributed by atoms with Crippen LogP contribution in [0.1, 0.15) is 11.1 Å². The molecule has 0 unspecified atom stereocenters. The maximum atomic E-state index is 11.8. The van der Waals surface area contributed by atoms with E-state index >= 15 is 0 Å². The van der Waals surface area contributed by atoms with E-state index in [2.05, 4.69) is 26.6 Å². The zero-order chi connectivity index (χ0) is 15.2. The summed E-state index contributed by atoms with van der Waals surface area (Å²) in [6, 6.07) is 13.3. The molecule has 0 bridgehead atoms. The van der Waals surface area contributed by atoms with E-state index < -0.39 is 0 Å². The Morgan fingerprint density at radius 2 is 1.90 bits per heavy atom. The first-order valence-electron chi connectivity index (χ1n) is 6.56. The van der Waals surface area contributed by atoms with Crippen molar-refractivity contribution in [3.8, 4) is 0 Å². The fraction of sp³-hybridized carbons (Fsp3) is 0.188. The van der Waals surface area contributed by atoms with E-state index in [9.17, 15) is 4.79 Å². The van der Waals surface area contributed by atoms with E-state index in [1.54, 1.807) is 0 Å². The monoisotopic (exact) mass is 366 g/mol. The first-order valence-corrected chi connectivity index (χ1v) is 7.73. The highest BCUT2D eigenvalue weighted by Crippen LogP contribution is 2.20. The maximum absolute atomic E-state index is 11.8. The van der Waals surface area contributed by atoms with Crippen LogP contribution in [0.15, 0.2) is 46.9 Å². The number of aryl methyl sites for hydroxylation is 1. The van der Waals surface area contributed by atoms with E-state index in [1.807, 2.05) is 49.4 Å². The molecular weight excluding hydrogens is 352 g/mol. The molecule has 3 nitrogen and oxygen atoms in total. The van der Waals surface area contributed by atoms with Gasteiger partial charge in [-0.2, -0.15) is 0 Å². The molecule has 2 aromatic carbocycles. The molecule has 2 rings (SSSR count). The number of benzene rings is 2. The molecule has 5 heteroatoms. The van der Waals surface area contributed by atoms with Gasteiger partial charge in [0.05, 0.1) is 6.54 Å². The lowest BCUT2D eigenvalue weighted by molar-refractivity contribution is -0.115. The van der Waals surface area contributed by atoms with Crippen LogP contribution in [0.3, 0.4) is 0 Å². The van der Waals surface area contributed by atoms with Crippen molar-refractivity contribution in [2.24, 2.45) is 0 Å². The highest BCUT2D eigenvalue weighted by atomic mass is 79.9. The van der Waals surface area contributed by atoms with E-state index in [-0.39, 0.29) is 12.5 Å². The third kappa shape index (κ3) is 5.16. The van der Waals surface area contributed by atoms with Crippen molar-refractivity contribution in [3.63, 3.8) is 0 Å². The van der Waals surface area contributed by atoms with Gasteiger partial charge in [-0.25, -0.2) is 0 Å². The molecule has 0 aliphatic carbocycles. The Labute approximate surface area is 137 Å². The predicted octanol–water partition coefficient (Wildman–Crippen LogP) is 4.14. The number of amides is 1. The van der Waals surface area contributed by atoms with Gasteiger partial charge in [0, 0.05) is 21.7 Å². The smallest absolute Gasteiger partial charge is 0.238 e. The number of halogens is 2. The number of rotatable bonds is 5. The number of hydrogen-bond donors (Lipinski definition) is 2. The molecule has 0 radical (unpaired) electrons. The van der Waals surface area contributed by atoms with Gasteiger partial charge in [0.25, 0.3) is 0 Å². The van der Waals surface area contributed by atoms with Crippen LogP contribution in [0, 0.1) is 6.92 Å². The van der Waals surface area contributed by atoms with Gasteiger partial charge < -0.3 is 10.6 Å². The number of nitrogens with one attached hydrogen (secondary N) is 2.